The standard InChI is InChI=1S/C12H23N4O4P/c1-8(2)14-9(11(17)12(3,4)5)7-16-10(6-13-15-16)21(18,19)20/h6,8-9,14H,7H2,1-5H3,(H2,18,19,20)/t9-/m0/s1. The van der Waals surface area contributed by atoms with Crippen molar-refractivity contribution in [1.29, 1.82) is 0 Å². The van der Waals surface area contributed by atoms with Gasteiger partial charge in [0.25, 0.3) is 0 Å². The Morgan fingerprint density at radius 2 is 2.00 bits per heavy atom. The Balaban J connectivity index is 3.06. The van der Waals surface area contributed by atoms with E-state index >= 15 is 0 Å². The minimum Gasteiger partial charge on any atom is -0.320 e. The van der Waals surface area contributed by atoms with Gasteiger partial charge in [-0.2, -0.15) is 0 Å². The monoisotopic (exact) mass is 318 g/mol. The number of Topliss-reactive ketones (excluding diaryl/α,β-unsaturated/α-hetero) is 1. The third kappa shape index (κ3) is 5.00. The summed E-state index contributed by atoms with van der Waals surface area (Å²) < 4.78 is 12.5. The van der Waals surface area contributed by atoms with E-state index in [-0.39, 0.29) is 23.8 Å². The molecule has 8 nitrogen and oxygen atoms in total. The molecular formula is C12H23N4O4P. The van der Waals surface area contributed by atoms with Crippen LogP contribution in [-0.4, -0.2) is 42.6 Å². The number of carbonyl (C=O) groups is 1. The maximum Gasteiger partial charge on any atom is 0.375 e. The molecule has 1 heterocycles. The van der Waals surface area contributed by atoms with Gasteiger partial charge in [-0.25, -0.2) is 4.68 Å². The average molecular weight is 318 g/mol. The van der Waals surface area contributed by atoms with Crippen molar-refractivity contribution >= 4 is 18.8 Å². The SMILES string of the molecule is CC(C)N[C@@H](Cn1nncc1P(=O)(O)O)C(=O)C(C)(C)C. The molecule has 0 spiro atoms. The Labute approximate surface area is 124 Å². The van der Waals surface area contributed by atoms with Gasteiger partial charge in [-0.1, -0.05) is 39.8 Å². The third-order valence-corrected chi connectivity index (χ3v) is 3.78. The molecule has 0 aliphatic carbocycles. The lowest BCUT2D eigenvalue weighted by Crippen LogP contribution is -2.49. The predicted molar refractivity (Wildman–Crippen MR) is 78.2 cm³/mol. The lowest BCUT2D eigenvalue weighted by molar-refractivity contribution is -0.129. The first-order valence-electron chi connectivity index (χ1n) is 6.68. The smallest absolute Gasteiger partial charge is 0.320 e. The highest BCUT2D eigenvalue weighted by Gasteiger charge is 2.32. The molecule has 1 rings (SSSR count). The largest absolute Gasteiger partial charge is 0.375 e. The molecule has 1 aromatic heterocycles. The molecule has 9 heteroatoms. The van der Waals surface area contributed by atoms with E-state index in [2.05, 4.69) is 15.6 Å². The maximum atomic E-state index is 12.5. The fourth-order valence-electron chi connectivity index (χ4n) is 1.92. The van der Waals surface area contributed by atoms with Gasteiger partial charge in [0.2, 0.25) is 0 Å². The molecule has 0 aliphatic heterocycles. The van der Waals surface area contributed by atoms with Gasteiger partial charge in [0.15, 0.2) is 11.2 Å². The van der Waals surface area contributed by atoms with E-state index in [4.69, 9.17) is 0 Å². The minimum absolute atomic E-state index is 0.0225. The first kappa shape index (κ1) is 18.0. The molecule has 0 aromatic carbocycles. The summed E-state index contributed by atoms with van der Waals surface area (Å²) in [6, 6.07) is -0.555. The van der Waals surface area contributed by atoms with Crippen molar-refractivity contribution in [2.75, 3.05) is 0 Å². The van der Waals surface area contributed by atoms with Crippen LogP contribution >= 0.6 is 7.60 Å². The van der Waals surface area contributed by atoms with Gasteiger partial charge in [-0.3, -0.25) is 9.36 Å². The van der Waals surface area contributed by atoms with Gasteiger partial charge in [-0.15, -0.1) is 5.10 Å². The Bertz CT molecular complexity index is 544. The molecule has 1 atom stereocenters. The van der Waals surface area contributed by atoms with E-state index in [9.17, 15) is 19.1 Å². The van der Waals surface area contributed by atoms with Gasteiger partial charge < -0.3 is 15.1 Å². The van der Waals surface area contributed by atoms with Crippen molar-refractivity contribution in [3.8, 4) is 0 Å². The van der Waals surface area contributed by atoms with E-state index in [0.717, 1.165) is 10.9 Å². The second-order valence-corrected chi connectivity index (χ2v) is 7.85. The van der Waals surface area contributed by atoms with Gasteiger partial charge in [0.1, 0.15) is 0 Å². The Morgan fingerprint density at radius 1 is 1.43 bits per heavy atom. The van der Waals surface area contributed by atoms with Crippen LogP contribution in [0.1, 0.15) is 34.6 Å². The van der Waals surface area contributed by atoms with Crippen molar-refractivity contribution in [3.63, 3.8) is 0 Å². The number of hydrogen-bond donors (Lipinski definition) is 3. The van der Waals surface area contributed by atoms with Crippen LogP contribution in [0, 0.1) is 5.41 Å². The van der Waals surface area contributed by atoms with E-state index in [0.29, 0.717) is 0 Å². The molecule has 3 N–H and O–H groups in total. The number of ketones is 1. The fraction of sp³-hybridized carbons (Fsp3) is 0.750. The lowest BCUT2D eigenvalue weighted by atomic mass is 9.86. The first-order chi connectivity index (χ1) is 9.43. The van der Waals surface area contributed by atoms with Crippen LogP contribution in [0.2, 0.25) is 0 Å². The summed E-state index contributed by atoms with van der Waals surface area (Å²) in [4.78, 5) is 31.0. The predicted octanol–water partition coefficient (Wildman–Crippen LogP) is 0.0629. The quantitative estimate of drug-likeness (QED) is 0.635. The molecule has 120 valence electrons. The fourth-order valence-corrected chi connectivity index (χ4v) is 2.54. The van der Waals surface area contributed by atoms with E-state index < -0.39 is 19.1 Å². The van der Waals surface area contributed by atoms with Crippen molar-refractivity contribution < 1.29 is 19.1 Å². The molecule has 0 radical (unpaired) electrons. The highest BCUT2D eigenvalue weighted by Crippen LogP contribution is 2.32. The number of carbonyl (C=O) groups excluding carboxylic acids is 1. The number of nitrogens with zero attached hydrogens (tertiary/aromatic N) is 3. The van der Waals surface area contributed by atoms with Gasteiger partial charge in [0.05, 0.1) is 18.8 Å². The van der Waals surface area contributed by atoms with Gasteiger partial charge >= 0.3 is 7.60 Å². The van der Waals surface area contributed by atoms with Crippen LogP contribution in [0.4, 0.5) is 0 Å². The highest BCUT2D eigenvalue weighted by molar-refractivity contribution is 7.60. The zero-order valence-corrected chi connectivity index (χ0v) is 13.8. The van der Waals surface area contributed by atoms with Crippen LogP contribution in [-0.2, 0) is 15.9 Å². The normalized spacial score (nSPS) is 14.5. The zero-order chi connectivity index (χ0) is 16.4. The Hall–Kier alpha value is -1.08. The number of hydrogen-bond acceptors (Lipinski definition) is 5. The van der Waals surface area contributed by atoms with Crippen molar-refractivity contribution in [1.82, 2.24) is 20.3 Å². The van der Waals surface area contributed by atoms with Gasteiger partial charge in [0, 0.05) is 11.5 Å². The summed E-state index contributed by atoms with van der Waals surface area (Å²) >= 11 is 0. The average Bonchev–Trinajstić information content (AvgIpc) is 2.73. The Kier molecular flexibility index (Phi) is 5.44. The molecule has 0 bridgehead atoms. The molecule has 21 heavy (non-hydrogen) atoms. The molecule has 0 fully saturated rings. The lowest BCUT2D eigenvalue weighted by Gasteiger charge is -2.27. The molecule has 0 aliphatic rings. The molecule has 0 amide bonds. The second kappa shape index (κ2) is 6.36. The maximum absolute atomic E-state index is 12.5. The molecule has 1 aromatic rings. The highest BCUT2D eigenvalue weighted by atomic mass is 31.2. The summed E-state index contributed by atoms with van der Waals surface area (Å²) in [5.74, 6) is -0.0524. The van der Waals surface area contributed by atoms with Crippen LogP contribution < -0.4 is 10.8 Å². The van der Waals surface area contributed by atoms with Crippen LogP contribution in [0.3, 0.4) is 0 Å². The minimum atomic E-state index is -4.47. The van der Waals surface area contributed by atoms with E-state index in [1.807, 2.05) is 13.8 Å². The van der Waals surface area contributed by atoms with Crippen molar-refractivity contribution in [2.24, 2.45) is 5.41 Å². The second-order valence-electron chi connectivity index (χ2n) is 6.31. The summed E-state index contributed by atoms with van der Waals surface area (Å²) in [6.45, 7) is 9.22. The van der Waals surface area contributed by atoms with Crippen LogP contribution in [0.15, 0.2) is 6.20 Å². The van der Waals surface area contributed by atoms with E-state index in [1.165, 1.54) is 0 Å². The van der Waals surface area contributed by atoms with Crippen LogP contribution in [0.25, 0.3) is 0 Å². The van der Waals surface area contributed by atoms with Crippen molar-refractivity contribution in [2.45, 2.75) is 53.2 Å². The summed E-state index contributed by atoms with van der Waals surface area (Å²) in [7, 11) is -4.47. The number of nitrogens with one attached hydrogen (secondary N) is 1. The van der Waals surface area contributed by atoms with Crippen molar-refractivity contribution in [3.05, 3.63) is 6.20 Å². The zero-order valence-electron chi connectivity index (χ0n) is 12.9. The summed E-state index contributed by atoms with van der Waals surface area (Å²) in [6.07, 6.45) is 1.02. The Morgan fingerprint density at radius 3 is 2.43 bits per heavy atom. The third-order valence-electron chi connectivity index (χ3n) is 2.84. The van der Waals surface area contributed by atoms with E-state index in [1.54, 1.807) is 20.8 Å². The summed E-state index contributed by atoms with van der Waals surface area (Å²) in [5, 5.41) is 10.3. The molecule has 0 unspecified atom stereocenters. The van der Waals surface area contributed by atoms with Crippen LogP contribution in [0.5, 0.6) is 0 Å². The number of rotatable bonds is 6. The topological polar surface area (TPSA) is 117 Å². The molecular weight excluding hydrogens is 295 g/mol. The van der Waals surface area contributed by atoms with Gasteiger partial charge in [-0.05, 0) is 0 Å². The number of aromatic nitrogens is 3. The first-order valence-corrected chi connectivity index (χ1v) is 8.29. The summed E-state index contributed by atoms with van der Waals surface area (Å²) in [5.41, 5.74) is -0.866. The molecule has 0 saturated heterocycles. The molecule has 0 saturated carbocycles.